The fourth-order valence-electron chi connectivity index (χ4n) is 1.52. The van der Waals surface area contributed by atoms with Crippen molar-refractivity contribution in [1.82, 2.24) is 0 Å². The molecule has 19 heavy (non-hydrogen) atoms. The highest BCUT2D eigenvalue weighted by Gasteiger charge is 2.03. The van der Waals surface area contributed by atoms with E-state index in [4.69, 9.17) is 22.7 Å². The maximum Gasteiger partial charge on any atom is 0.124 e. The van der Waals surface area contributed by atoms with E-state index in [2.05, 4.69) is 15.9 Å². The van der Waals surface area contributed by atoms with Crippen LogP contribution in [0.1, 0.15) is 11.1 Å². The largest absolute Gasteiger partial charge is 0.489 e. The third-order valence-electron chi connectivity index (χ3n) is 2.55. The van der Waals surface area contributed by atoms with E-state index >= 15 is 0 Å². The molecule has 2 N–H and O–H groups in total. The van der Waals surface area contributed by atoms with Crippen molar-refractivity contribution in [3.8, 4) is 5.75 Å². The van der Waals surface area contributed by atoms with Gasteiger partial charge in [-0.3, -0.25) is 0 Å². The van der Waals surface area contributed by atoms with Crippen LogP contribution in [0.3, 0.4) is 0 Å². The van der Waals surface area contributed by atoms with Crippen LogP contribution in [0, 0.1) is 5.82 Å². The predicted octanol–water partition coefficient (Wildman–Crippen LogP) is 3.80. The first-order chi connectivity index (χ1) is 9.06. The number of ether oxygens (including phenoxy) is 1. The lowest BCUT2D eigenvalue weighted by molar-refractivity contribution is 0.305. The minimum absolute atomic E-state index is 0.281. The molecule has 0 saturated carbocycles. The van der Waals surface area contributed by atoms with Crippen LogP contribution in [0.5, 0.6) is 5.75 Å². The summed E-state index contributed by atoms with van der Waals surface area (Å²) in [6, 6.07) is 11.7. The third kappa shape index (κ3) is 3.75. The molecule has 0 atom stereocenters. The number of hydrogen-bond acceptors (Lipinski definition) is 2. The molecule has 0 bridgehead atoms. The predicted molar refractivity (Wildman–Crippen MR) is 80.8 cm³/mol. The molecule has 0 amide bonds. The van der Waals surface area contributed by atoms with Crippen molar-refractivity contribution in [2.24, 2.45) is 5.73 Å². The van der Waals surface area contributed by atoms with Gasteiger partial charge < -0.3 is 10.5 Å². The molecule has 0 fully saturated rings. The normalized spacial score (nSPS) is 10.2. The summed E-state index contributed by atoms with van der Waals surface area (Å²) in [6.07, 6.45) is 0. The quantitative estimate of drug-likeness (QED) is 0.860. The first kappa shape index (κ1) is 14.0. The first-order valence-electron chi connectivity index (χ1n) is 5.53. The van der Waals surface area contributed by atoms with Crippen LogP contribution in [0.4, 0.5) is 4.39 Å². The van der Waals surface area contributed by atoms with E-state index < -0.39 is 0 Å². The number of halogens is 2. The second kappa shape index (κ2) is 6.12. The molecule has 0 spiro atoms. The van der Waals surface area contributed by atoms with E-state index in [1.165, 1.54) is 12.1 Å². The Bertz CT molecular complexity index is 601. The molecule has 5 heteroatoms. The Balaban J connectivity index is 2.04. The molecule has 0 saturated heterocycles. The minimum Gasteiger partial charge on any atom is -0.489 e. The topological polar surface area (TPSA) is 35.2 Å². The Morgan fingerprint density at radius 1 is 1.21 bits per heavy atom. The van der Waals surface area contributed by atoms with Gasteiger partial charge >= 0.3 is 0 Å². The maximum atomic E-state index is 12.9. The van der Waals surface area contributed by atoms with Gasteiger partial charge in [0.05, 0.1) is 0 Å². The molecule has 2 rings (SSSR count). The molecule has 98 valence electrons. The van der Waals surface area contributed by atoms with Gasteiger partial charge in [0.15, 0.2) is 0 Å². The fraction of sp³-hybridized carbons (Fsp3) is 0.0714. The van der Waals surface area contributed by atoms with Crippen LogP contribution in [0.25, 0.3) is 0 Å². The Kier molecular flexibility index (Phi) is 4.50. The first-order valence-corrected chi connectivity index (χ1v) is 6.73. The Labute approximate surface area is 124 Å². The molecule has 2 nitrogen and oxygen atoms in total. The lowest BCUT2D eigenvalue weighted by Gasteiger charge is -2.08. The molecular weight excluding hydrogens is 329 g/mol. The fourth-order valence-corrected chi connectivity index (χ4v) is 2.12. The van der Waals surface area contributed by atoms with Crippen molar-refractivity contribution >= 4 is 33.1 Å². The smallest absolute Gasteiger partial charge is 0.124 e. The standard InChI is InChI=1S/C14H11BrFNOS/c15-13-7-11(16)4-1-10(13)8-18-12-5-2-9(3-6-12)14(17)19/h1-7H,8H2,(H2,17,19). The number of nitrogens with two attached hydrogens (primary N) is 1. The molecule has 2 aromatic carbocycles. The summed E-state index contributed by atoms with van der Waals surface area (Å²) in [7, 11) is 0. The minimum atomic E-state index is -0.281. The van der Waals surface area contributed by atoms with Crippen molar-refractivity contribution < 1.29 is 9.13 Å². The molecule has 0 aromatic heterocycles. The second-order valence-corrected chi connectivity index (χ2v) is 5.21. The van der Waals surface area contributed by atoms with Gasteiger partial charge in [-0.05, 0) is 36.4 Å². The molecule has 0 aliphatic carbocycles. The molecule has 2 aromatic rings. The van der Waals surface area contributed by atoms with Crippen LogP contribution in [-0.4, -0.2) is 4.99 Å². The zero-order chi connectivity index (χ0) is 13.8. The zero-order valence-corrected chi connectivity index (χ0v) is 12.3. The average Bonchev–Trinajstić information content (AvgIpc) is 2.38. The van der Waals surface area contributed by atoms with Gasteiger partial charge in [0.1, 0.15) is 23.2 Å². The monoisotopic (exact) mass is 339 g/mol. The van der Waals surface area contributed by atoms with Gasteiger partial charge in [-0.15, -0.1) is 0 Å². The number of thiocarbonyl (C=S) groups is 1. The summed E-state index contributed by atoms with van der Waals surface area (Å²) < 4.78 is 19.2. The second-order valence-electron chi connectivity index (χ2n) is 3.91. The average molecular weight is 340 g/mol. The number of rotatable bonds is 4. The van der Waals surface area contributed by atoms with Gasteiger partial charge in [-0.25, -0.2) is 4.39 Å². The van der Waals surface area contributed by atoms with Crippen molar-refractivity contribution in [2.75, 3.05) is 0 Å². The summed E-state index contributed by atoms with van der Waals surface area (Å²) in [5.74, 6) is 0.424. The number of hydrogen-bond donors (Lipinski definition) is 1. The highest BCUT2D eigenvalue weighted by atomic mass is 79.9. The Hall–Kier alpha value is -1.46. The van der Waals surface area contributed by atoms with Crippen molar-refractivity contribution in [2.45, 2.75) is 6.61 Å². The Morgan fingerprint density at radius 2 is 1.89 bits per heavy atom. The van der Waals surface area contributed by atoms with Crippen LogP contribution in [0.2, 0.25) is 0 Å². The van der Waals surface area contributed by atoms with E-state index in [9.17, 15) is 4.39 Å². The van der Waals surface area contributed by atoms with Crippen LogP contribution >= 0.6 is 28.1 Å². The summed E-state index contributed by atoms with van der Waals surface area (Å²) in [4.78, 5) is 0.354. The van der Waals surface area contributed by atoms with Crippen LogP contribution in [-0.2, 0) is 6.61 Å². The lowest BCUT2D eigenvalue weighted by Crippen LogP contribution is -2.08. The SMILES string of the molecule is NC(=S)c1ccc(OCc2ccc(F)cc2Br)cc1. The van der Waals surface area contributed by atoms with Crippen LogP contribution in [0.15, 0.2) is 46.9 Å². The summed E-state index contributed by atoms with van der Waals surface area (Å²) in [5, 5.41) is 0. The van der Waals surface area contributed by atoms with E-state index in [1.54, 1.807) is 30.3 Å². The van der Waals surface area contributed by atoms with E-state index in [1.807, 2.05) is 0 Å². The molecule has 0 aliphatic heterocycles. The molecular formula is C14H11BrFNOS. The number of benzene rings is 2. The van der Waals surface area contributed by atoms with Gasteiger partial charge in [0.2, 0.25) is 0 Å². The van der Waals surface area contributed by atoms with Gasteiger partial charge in [0, 0.05) is 15.6 Å². The summed E-state index contributed by atoms with van der Waals surface area (Å²) >= 11 is 8.17. The zero-order valence-electron chi connectivity index (χ0n) is 9.90. The highest BCUT2D eigenvalue weighted by Crippen LogP contribution is 2.20. The van der Waals surface area contributed by atoms with E-state index in [0.717, 1.165) is 11.1 Å². The van der Waals surface area contributed by atoms with Gasteiger partial charge in [0.25, 0.3) is 0 Å². The molecule has 0 heterocycles. The summed E-state index contributed by atoms with van der Waals surface area (Å²) in [5.41, 5.74) is 7.18. The molecule has 0 aliphatic rings. The van der Waals surface area contributed by atoms with Crippen molar-refractivity contribution in [3.63, 3.8) is 0 Å². The van der Waals surface area contributed by atoms with Crippen molar-refractivity contribution in [1.29, 1.82) is 0 Å². The van der Waals surface area contributed by atoms with E-state index in [-0.39, 0.29) is 5.82 Å². The Morgan fingerprint density at radius 3 is 2.47 bits per heavy atom. The van der Waals surface area contributed by atoms with Gasteiger partial charge in [-0.1, -0.05) is 34.2 Å². The lowest BCUT2D eigenvalue weighted by atomic mass is 10.2. The van der Waals surface area contributed by atoms with Crippen LogP contribution < -0.4 is 10.5 Å². The van der Waals surface area contributed by atoms with Crippen molar-refractivity contribution in [3.05, 3.63) is 63.9 Å². The highest BCUT2D eigenvalue weighted by molar-refractivity contribution is 9.10. The third-order valence-corrected chi connectivity index (χ3v) is 3.52. The molecule has 0 radical (unpaired) electrons. The van der Waals surface area contributed by atoms with Gasteiger partial charge in [-0.2, -0.15) is 0 Å². The van der Waals surface area contributed by atoms with E-state index in [0.29, 0.717) is 21.8 Å². The molecule has 0 unspecified atom stereocenters. The summed E-state index contributed by atoms with van der Waals surface area (Å²) in [6.45, 7) is 0.354. The maximum absolute atomic E-state index is 12.9.